The summed E-state index contributed by atoms with van der Waals surface area (Å²) in [5, 5.41) is 10.6. The zero-order chi connectivity index (χ0) is 14.7. The molecule has 1 fully saturated rings. The third-order valence-corrected chi connectivity index (χ3v) is 3.62. The van der Waals surface area contributed by atoms with E-state index in [0.717, 1.165) is 18.5 Å². The molecule has 2 aromatic heterocycles. The molecule has 0 aromatic carbocycles. The predicted molar refractivity (Wildman–Crippen MR) is 77.5 cm³/mol. The number of hydrogen-bond donors (Lipinski definition) is 2. The van der Waals surface area contributed by atoms with E-state index in [1.54, 1.807) is 24.7 Å². The summed E-state index contributed by atoms with van der Waals surface area (Å²) in [7, 11) is 0. The largest absolute Gasteiger partial charge is 0.349 e. The molecule has 1 aliphatic heterocycles. The number of aryl methyl sites for hydroxylation is 1. The third kappa shape index (κ3) is 3.01. The summed E-state index contributed by atoms with van der Waals surface area (Å²) in [6.07, 6.45) is 8.41. The highest BCUT2D eigenvalue weighted by atomic mass is 16.1. The van der Waals surface area contributed by atoms with Crippen molar-refractivity contribution in [2.75, 3.05) is 5.32 Å². The summed E-state index contributed by atoms with van der Waals surface area (Å²) in [4.78, 5) is 20.1. The molecule has 1 amide bonds. The molecule has 0 radical (unpaired) electrons. The number of piperidine rings is 1. The van der Waals surface area contributed by atoms with Crippen molar-refractivity contribution in [2.24, 2.45) is 0 Å². The van der Waals surface area contributed by atoms with Crippen LogP contribution in [0.4, 0.5) is 5.95 Å². The van der Waals surface area contributed by atoms with Gasteiger partial charge in [0.15, 0.2) is 0 Å². The first kappa shape index (κ1) is 13.5. The van der Waals surface area contributed by atoms with Gasteiger partial charge < -0.3 is 10.6 Å². The van der Waals surface area contributed by atoms with Crippen molar-refractivity contribution < 1.29 is 4.79 Å². The van der Waals surface area contributed by atoms with Crippen molar-refractivity contribution in [2.45, 2.75) is 38.4 Å². The molecule has 0 saturated carbocycles. The average Bonchev–Trinajstić information content (AvgIpc) is 2.99. The van der Waals surface area contributed by atoms with E-state index in [1.165, 1.54) is 0 Å². The third-order valence-electron chi connectivity index (χ3n) is 3.62. The fraction of sp³-hybridized carbons (Fsp3) is 0.429. The monoisotopic (exact) mass is 286 g/mol. The average molecular weight is 286 g/mol. The molecule has 3 heterocycles. The highest BCUT2D eigenvalue weighted by molar-refractivity contribution is 5.77. The lowest BCUT2D eigenvalue weighted by atomic mass is 9.94. The molecule has 3 rings (SSSR count). The molecule has 2 aromatic rings. The van der Waals surface area contributed by atoms with Gasteiger partial charge in [0.25, 0.3) is 0 Å². The number of aromatic nitrogens is 4. The summed E-state index contributed by atoms with van der Waals surface area (Å²) in [5.74, 6) is 0.641. The van der Waals surface area contributed by atoms with Crippen LogP contribution in [-0.2, 0) is 11.3 Å². The van der Waals surface area contributed by atoms with Crippen LogP contribution in [0.3, 0.4) is 0 Å². The van der Waals surface area contributed by atoms with Gasteiger partial charge in [0.2, 0.25) is 11.9 Å². The lowest BCUT2D eigenvalue weighted by molar-refractivity contribution is -0.123. The first-order valence-electron chi connectivity index (χ1n) is 7.11. The van der Waals surface area contributed by atoms with Gasteiger partial charge in [-0.3, -0.25) is 9.48 Å². The normalized spacial score (nSPS) is 21.9. The van der Waals surface area contributed by atoms with Gasteiger partial charge in [0, 0.05) is 37.1 Å². The zero-order valence-electron chi connectivity index (χ0n) is 11.9. The SMILES string of the molecule is CCn1cc([C@@H]2NC(=O)CC[C@H]2Nc2ncccn2)cn1. The van der Waals surface area contributed by atoms with Gasteiger partial charge in [0.1, 0.15) is 0 Å². The van der Waals surface area contributed by atoms with Crippen LogP contribution in [-0.4, -0.2) is 31.7 Å². The van der Waals surface area contributed by atoms with Gasteiger partial charge in [-0.1, -0.05) is 0 Å². The first-order chi connectivity index (χ1) is 10.3. The number of nitrogens with zero attached hydrogens (tertiary/aromatic N) is 4. The molecule has 0 aliphatic carbocycles. The van der Waals surface area contributed by atoms with E-state index in [9.17, 15) is 4.79 Å². The van der Waals surface area contributed by atoms with E-state index < -0.39 is 0 Å². The molecule has 1 aliphatic rings. The second-order valence-corrected chi connectivity index (χ2v) is 5.04. The topological polar surface area (TPSA) is 84.7 Å². The Balaban J connectivity index is 1.81. The van der Waals surface area contributed by atoms with Crippen molar-refractivity contribution in [1.82, 2.24) is 25.1 Å². The Labute approximate surface area is 122 Å². The standard InChI is InChI=1S/C14H18N6O/c1-2-20-9-10(8-17-20)13-11(4-5-12(21)19-13)18-14-15-6-3-7-16-14/h3,6-9,11,13H,2,4-5H2,1H3,(H,19,21)(H,15,16,18)/t11-,13+/m1/s1. The summed E-state index contributed by atoms with van der Waals surface area (Å²) in [5.41, 5.74) is 0.998. The lowest BCUT2D eigenvalue weighted by Gasteiger charge is -2.32. The van der Waals surface area contributed by atoms with Crippen LogP contribution in [0.25, 0.3) is 0 Å². The summed E-state index contributed by atoms with van der Waals surface area (Å²) >= 11 is 0. The molecule has 110 valence electrons. The van der Waals surface area contributed by atoms with Gasteiger partial charge in [-0.15, -0.1) is 0 Å². The second-order valence-electron chi connectivity index (χ2n) is 5.04. The van der Waals surface area contributed by atoms with E-state index in [-0.39, 0.29) is 18.0 Å². The summed E-state index contributed by atoms with van der Waals surface area (Å²) in [6.45, 7) is 2.84. The van der Waals surface area contributed by atoms with Crippen molar-refractivity contribution in [1.29, 1.82) is 0 Å². The van der Waals surface area contributed by atoms with E-state index in [4.69, 9.17) is 0 Å². The summed E-state index contributed by atoms with van der Waals surface area (Å²) < 4.78 is 1.85. The molecular weight excluding hydrogens is 268 g/mol. The quantitative estimate of drug-likeness (QED) is 0.880. The molecule has 7 nitrogen and oxygen atoms in total. The van der Waals surface area contributed by atoms with Gasteiger partial charge in [-0.2, -0.15) is 5.10 Å². The minimum atomic E-state index is -0.115. The van der Waals surface area contributed by atoms with Crippen LogP contribution < -0.4 is 10.6 Å². The Hall–Kier alpha value is -2.44. The maximum absolute atomic E-state index is 11.7. The first-order valence-corrected chi connectivity index (χ1v) is 7.11. The molecule has 7 heteroatoms. The van der Waals surface area contributed by atoms with E-state index in [1.807, 2.05) is 17.8 Å². The molecule has 0 bridgehead atoms. The predicted octanol–water partition coefficient (Wildman–Crippen LogP) is 1.12. The van der Waals surface area contributed by atoms with E-state index in [2.05, 4.69) is 25.7 Å². The van der Waals surface area contributed by atoms with Crippen LogP contribution in [0.15, 0.2) is 30.9 Å². The van der Waals surface area contributed by atoms with Gasteiger partial charge in [0.05, 0.1) is 18.3 Å². The molecular formula is C14H18N6O. The number of anilines is 1. The van der Waals surface area contributed by atoms with Crippen molar-refractivity contribution >= 4 is 11.9 Å². The molecule has 2 atom stereocenters. The number of carbonyl (C=O) groups is 1. The number of rotatable bonds is 4. The van der Waals surface area contributed by atoms with Gasteiger partial charge >= 0.3 is 0 Å². The Morgan fingerprint density at radius 3 is 2.95 bits per heavy atom. The Morgan fingerprint density at radius 1 is 1.43 bits per heavy atom. The Morgan fingerprint density at radius 2 is 2.24 bits per heavy atom. The van der Waals surface area contributed by atoms with Crippen LogP contribution in [0.2, 0.25) is 0 Å². The fourth-order valence-corrected chi connectivity index (χ4v) is 2.52. The number of hydrogen-bond acceptors (Lipinski definition) is 5. The zero-order valence-corrected chi connectivity index (χ0v) is 11.9. The van der Waals surface area contributed by atoms with Crippen molar-refractivity contribution in [3.63, 3.8) is 0 Å². The highest BCUT2D eigenvalue weighted by Gasteiger charge is 2.31. The minimum Gasteiger partial charge on any atom is -0.349 e. The number of nitrogens with one attached hydrogen (secondary N) is 2. The molecule has 0 unspecified atom stereocenters. The maximum atomic E-state index is 11.7. The maximum Gasteiger partial charge on any atom is 0.222 e. The fourth-order valence-electron chi connectivity index (χ4n) is 2.52. The number of amides is 1. The molecule has 1 saturated heterocycles. The highest BCUT2D eigenvalue weighted by Crippen LogP contribution is 2.25. The smallest absolute Gasteiger partial charge is 0.222 e. The summed E-state index contributed by atoms with van der Waals surface area (Å²) in [6, 6.07) is 1.71. The second kappa shape index (κ2) is 5.90. The van der Waals surface area contributed by atoms with E-state index >= 15 is 0 Å². The Kier molecular flexibility index (Phi) is 3.81. The van der Waals surface area contributed by atoms with Gasteiger partial charge in [-0.05, 0) is 19.4 Å². The lowest BCUT2D eigenvalue weighted by Crippen LogP contribution is -2.45. The van der Waals surface area contributed by atoms with Crippen molar-refractivity contribution in [3.8, 4) is 0 Å². The van der Waals surface area contributed by atoms with Crippen LogP contribution in [0.1, 0.15) is 31.4 Å². The molecule has 21 heavy (non-hydrogen) atoms. The van der Waals surface area contributed by atoms with Gasteiger partial charge in [-0.25, -0.2) is 9.97 Å². The van der Waals surface area contributed by atoms with E-state index in [0.29, 0.717) is 12.4 Å². The van der Waals surface area contributed by atoms with Crippen LogP contribution in [0.5, 0.6) is 0 Å². The van der Waals surface area contributed by atoms with Crippen LogP contribution in [0, 0.1) is 0 Å². The van der Waals surface area contributed by atoms with Crippen molar-refractivity contribution in [3.05, 3.63) is 36.4 Å². The molecule has 2 N–H and O–H groups in total. The van der Waals surface area contributed by atoms with Crippen LogP contribution >= 0.6 is 0 Å². The minimum absolute atomic E-state index is 0.0552. The molecule has 0 spiro atoms. The Bertz CT molecular complexity index is 611. The number of carbonyl (C=O) groups excluding carboxylic acids is 1.